The molecule has 0 heterocycles. The summed E-state index contributed by atoms with van der Waals surface area (Å²) in [6, 6.07) is 0. The number of hydrogen-bond donors (Lipinski definition) is 3. The minimum atomic E-state index is -1.08. The number of carboxylic acids is 3. The summed E-state index contributed by atoms with van der Waals surface area (Å²) in [7, 11) is 0. The zero-order valence-corrected chi connectivity index (χ0v) is 8.06. The van der Waals surface area contributed by atoms with Gasteiger partial charge in [-0.3, -0.25) is 14.4 Å². The van der Waals surface area contributed by atoms with Gasteiger partial charge in [-0.05, 0) is 0 Å². The van der Waals surface area contributed by atoms with E-state index in [1.165, 1.54) is 0 Å². The number of hydrogen-bond acceptors (Lipinski definition) is 3. The lowest BCUT2D eigenvalue weighted by Gasteiger charge is -1.89. The Balaban J connectivity index is 0. The van der Waals surface area contributed by atoms with Gasteiger partial charge in [0.25, 0.3) is 0 Å². The van der Waals surface area contributed by atoms with E-state index in [9.17, 15) is 14.4 Å². The monoisotopic (exact) mass is 206 g/mol. The van der Waals surface area contributed by atoms with Crippen LogP contribution in [0.4, 0.5) is 0 Å². The topological polar surface area (TPSA) is 112 Å². The zero-order chi connectivity index (χ0) is 11.7. The van der Waals surface area contributed by atoms with Gasteiger partial charge >= 0.3 is 17.9 Å². The first-order chi connectivity index (χ1) is 6.27. The van der Waals surface area contributed by atoms with Gasteiger partial charge in [0.1, 0.15) is 0 Å². The van der Waals surface area contributed by atoms with Gasteiger partial charge in [0.15, 0.2) is 0 Å². The molecule has 0 aliphatic carbocycles. The Morgan fingerprint density at radius 2 is 1.14 bits per heavy atom. The molecule has 6 nitrogen and oxygen atoms in total. The second-order valence-corrected chi connectivity index (χ2v) is 2.78. The predicted molar refractivity (Wildman–Crippen MR) is 47.0 cm³/mol. The molecular formula is C8H14O6. The summed E-state index contributed by atoms with van der Waals surface area (Å²) in [5, 5.41) is 23.8. The molecule has 0 aliphatic heterocycles. The van der Waals surface area contributed by atoms with Crippen LogP contribution in [0.5, 0.6) is 0 Å². The average Bonchev–Trinajstić information content (AvgIpc) is 2.01. The first kappa shape index (κ1) is 14.9. The Labute approximate surface area is 81.2 Å². The number of aliphatic carboxylic acids is 3. The highest BCUT2D eigenvalue weighted by molar-refractivity contribution is 5.75. The van der Waals surface area contributed by atoms with Crippen molar-refractivity contribution in [3.63, 3.8) is 0 Å². The molecule has 0 fully saturated rings. The molecule has 0 aromatic rings. The van der Waals surface area contributed by atoms with E-state index in [4.69, 9.17) is 15.3 Å². The van der Waals surface area contributed by atoms with Crippen LogP contribution in [-0.4, -0.2) is 33.2 Å². The third kappa shape index (κ3) is 16.8. The van der Waals surface area contributed by atoms with Crippen LogP contribution in [-0.2, 0) is 14.4 Å². The van der Waals surface area contributed by atoms with E-state index in [0.717, 1.165) is 0 Å². The third-order valence-corrected chi connectivity index (χ3v) is 1.05. The van der Waals surface area contributed by atoms with Crippen molar-refractivity contribution < 1.29 is 29.7 Å². The normalized spacial score (nSPS) is 8.79. The van der Waals surface area contributed by atoms with Gasteiger partial charge in [-0.2, -0.15) is 0 Å². The van der Waals surface area contributed by atoms with E-state index in [-0.39, 0.29) is 18.8 Å². The zero-order valence-electron chi connectivity index (χ0n) is 8.06. The number of carbonyl (C=O) groups is 3. The molecule has 0 aliphatic rings. The second kappa shape index (κ2) is 8.03. The Morgan fingerprint density at radius 1 is 0.929 bits per heavy atom. The van der Waals surface area contributed by atoms with Crippen molar-refractivity contribution >= 4 is 17.9 Å². The van der Waals surface area contributed by atoms with Crippen molar-refractivity contribution in [2.45, 2.75) is 26.7 Å². The number of carboxylic acid groups (broad SMARTS) is 3. The van der Waals surface area contributed by atoms with Crippen LogP contribution >= 0.6 is 0 Å². The first-order valence-corrected chi connectivity index (χ1v) is 3.93. The van der Waals surface area contributed by atoms with Gasteiger partial charge in [0.2, 0.25) is 0 Å². The predicted octanol–water partition coefficient (Wildman–Crippen LogP) is 0.663. The maximum Gasteiger partial charge on any atom is 0.305 e. The van der Waals surface area contributed by atoms with Crippen LogP contribution in [0.25, 0.3) is 0 Å². The van der Waals surface area contributed by atoms with Gasteiger partial charge in [-0.15, -0.1) is 0 Å². The van der Waals surface area contributed by atoms with Crippen LogP contribution in [0.1, 0.15) is 26.7 Å². The van der Waals surface area contributed by atoms with Crippen molar-refractivity contribution in [2.75, 3.05) is 0 Å². The van der Waals surface area contributed by atoms with Crippen LogP contribution < -0.4 is 0 Å². The Morgan fingerprint density at radius 3 is 1.21 bits per heavy atom. The first-order valence-electron chi connectivity index (χ1n) is 3.93. The molecule has 0 saturated heterocycles. The fourth-order valence-electron chi connectivity index (χ4n) is 0.214. The van der Waals surface area contributed by atoms with Crippen LogP contribution in [0.3, 0.4) is 0 Å². The molecule has 14 heavy (non-hydrogen) atoms. The van der Waals surface area contributed by atoms with Gasteiger partial charge in [-0.25, -0.2) is 0 Å². The molecule has 0 aromatic heterocycles. The van der Waals surface area contributed by atoms with E-state index in [1.807, 2.05) is 0 Å². The summed E-state index contributed by atoms with van der Waals surface area (Å²) < 4.78 is 0. The van der Waals surface area contributed by atoms with Crippen molar-refractivity contribution in [3.8, 4) is 0 Å². The molecule has 0 saturated carbocycles. The van der Waals surface area contributed by atoms with Crippen LogP contribution in [0.15, 0.2) is 0 Å². The van der Waals surface area contributed by atoms with E-state index in [0.29, 0.717) is 0 Å². The standard InChI is InChI=1S/C4H6O4.C4H8O2/c5-3(6)1-2-4(7)8;1-3(2)4(5)6/h1-2H2,(H,5,6)(H,7,8);3H,1-2H3,(H,5,6). The summed E-state index contributed by atoms with van der Waals surface area (Å²) in [6.07, 6.45) is -0.593. The summed E-state index contributed by atoms with van der Waals surface area (Å²) >= 11 is 0. The van der Waals surface area contributed by atoms with Gasteiger partial charge < -0.3 is 15.3 Å². The van der Waals surface area contributed by atoms with Gasteiger partial charge in [-0.1, -0.05) is 13.8 Å². The minimum absolute atomic E-state index is 0.231. The maximum absolute atomic E-state index is 9.70. The van der Waals surface area contributed by atoms with E-state index < -0.39 is 17.9 Å². The Kier molecular flexibility index (Phi) is 8.55. The highest BCUT2D eigenvalue weighted by Crippen LogP contribution is 1.87. The summed E-state index contributed by atoms with van der Waals surface area (Å²) in [4.78, 5) is 29.0. The lowest BCUT2D eigenvalue weighted by molar-refractivity contribution is -0.143. The second-order valence-electron chi connectivity index (χ2n) is 2.78. The molecule has 0 unspecified atom stereocenters. The average molecular weight is 206 g/mol. The van der Waals surface area contributed by atoms with Crippen molar-refractivity contribution in [2.24, 2.45) is 5.92 Å². The summed E-state index contributed by atoms with van der Waals surface area (Å²) in [5.41, 5.74) is 0. The largest absolute Gasteiger partial charge is 0.481 e. The van der Waals surface area contributed by atoms with E-state index >= 15 is 0 Å². The molecule has 82 valence electrons. The van der Waals surface area contributed by atoms with Crippen molar-refractivity contribution in [1.29, 1.82) is 0 Å². The Hall–Kier alpha value is -1.59. The fourth-order valence-corrected chi connectivity index (χ4v) is 0.214. The molecule has 0 radical (unpaired) electrons. The van der Waals surface area contributed by atoms with E-state index in [2.05, 4.69) is 0 Å². The van der Waals surface area contributed by atoms with Crippen molar-refractivity contribution in [1.82, 2.24) is 0 Å². The summed E-state index contributed by atoms with van der Waals surface area (Å²) in [6.45, 7) is 3.28. The highest BCUT2D eigenvalue weighted by atomic mass is 16.4. The van der Waals surface area contributed by atoms with Crippen LogP contribution in [0, 0.1) is 5.92 Å². The van der Waals surface area contributed by atoms with E-state index in [1.54, 1.807) is 13.8 Å². The van der Waals surface area contributed by atoms with Crippen molar-refractivity contribution in [3.05, 3.63) is 0 Å². The molecule has 3 N–H and O–H groups in total. The van der Waals surface area contributed by atoms with Gasteiger partial charge in [0, 0.05) is 0 Å². The van der Waals surface area contributed by atoms with Gasteiger partial charge in [0.05, 0.1) is 18.8 Å². The third-order valence-electron chi connectivity index (χ3n) is 1.05. The molecule has 0 spiro atoms. The summed E-state index contributed by atoms with van der Waals surface area (Å²) in [5.74, 6) is -3.13. The smallest absolute Gasteiger partial charge is 0.305 e. The molecule has 0 rings (SSSR count). The Bertz CT molecular complexity index is 194. The quantitative estimate of drug-likeness (QED) is 0.623. The molecule has 0 aromatic carbocycles. The molecule has 0 atom stereocenters. The molecular weight excluding hydrogens is 192 g/mol. The lowest BCUT2D eigenvalue weighted by Crippen LogP contribution is -2.03. The highest BCUT2D eigenvalue weighted by Gasteiger charge is 2.00. The minimum Gasteiger partial charge on any atom is -0.481 e. The molecule has 0 bridgehead atoms. The maximum atomic E-state index is 9.70. The molecule has 0 amide bonds. The molecule has 6 heteroatoms. The van der Waals surface area contributed by atoms with Crippen LogP contribution in [0.2, 0.25) is 0 Å². The number of rotatable bonds is 4. The lowest BCUT2D eigenvalue weighted by atomic mass is 10.2. The SMILES string of the molecule is CC(C)C(=O)O.O=C(O)CCC(=O)O. The fraction of sp³-hybridized carbons (Fsp3) is 0.625.